The van der Waals surface area contributed by atoms with Crippen molar-refractivity contribution in [1.29, 1.82) is 0 Å². The van der Waals surface area contributed by atoms with Gasteiger partial charge in [-0.2, -0.15) is 13.2 Å². The molecule has 1 aromatic carbocycles. The molecule has 8 nitrogen and oxygen atoms in total. The number of alkyl carbamates (subject to hydrolysis) is 1. The summed E-state index contributed by atoms with van der Waals surface area (Å²) in [7, 11) is -2.42. The van der Waals surface area contributed by atoms with Crippen LogP contribution in [-0.2, 0) is 22.1 Å². The summed E-state index contributed by atoms with van der Waals surface area (Å²) in [4.78, 5) is 23.1. The van der Waals surface area contributed by atoms with E-state index in [1.165, 1.54) is 20.8 Å². The van der Waals surface area contributed by atoms with Crippen molar-refractivity contribution in [3.8, 4) is 5.75 Å². The quantitative estimate of drug-likeness (QED) is 0.463. The van der Waals surface area contributed by atoms with Gasteiger partial charge in [0.1, 0.15) is 17.4 Å². The van der Waals surface area contributed by atoms with Crippen LogP contribution in [-0.4, -0.2) is 51.1 Å². The summed E-state index contributed by atoms with van der Waals surface area (Å²) in [6.45, 7) is 4.57. The first-order valence-electron chi connectivity index (χ1n) is 7.63. The summed E-state index contributed by atoms with van der Waals surface area (Å²) in [5, 5.41) is 39.5. The smallest absolute Gasteiger partial charge is 0.492 e. The van der Waals surface area contributed by atoms with Gasteiger partial charge < -0.3 is 30.3 Å². The number of aliphatic carboxylic acids is 1. The van der Waals surface area contributed by atoms with Crippen LogP contribution < -0.4 is 10.8 Å². The maximum atomic E-state index is 13.0. The lowest BCUT2D eigenvalue weighted by atomic mass is 9.77. The van der Waals surface area contributed by atoms with Crippen molar-refractivity contribution in [3.63, 3.8) is 0 Å². The summed E-state index contributed by atoms with van der Waals surface area (Å²) in [6.07, 6.45) is -6.77. The lowest BCUT2D eigenvalue weighted by Gasteiger charge is -2.22. The number of amides is 1. The molecule has 27 heavy (non-hydrogen) atoms. The van der Waals surface area contributed by atoms with Crippen LogP contribution in [0.3, 0.4) is 0 Å². The SMILES string of the molecule is CC(C)(C)OC(=O)N[C@@H](Cc1cc(C(F)(F)F)cc(B(O)O)c1O)C(=O)O. The summed E-state index contributed by atoms with van der Waals surface area (Å²) >= 11 is 0. The fraction of sp³-hybridized carbons (Fsp3) is 0.467. The zero-order valence-electron chi connectivity index (χ0n) is 14.7. The lowest BCUT2D eigenvalue weighted by molar-refractivity contribution is -0.139. The predicted octanol–water partition coefficient (Wildman–Crippen LogP) is 0.611. The minimum absolute atomic E-state index is 0.334. The summed E-state index contributed by atoms with van der Waals surface area (Å²) in [6, 6.07) is -0.938. The molecule has 1 atom stereocenters. The maximum absolute atomic E-state index is 13.0. The fourth-order valence-corrected chi connectivity index (χ4v) is 2.10. The highest BCUT2D eigenvalue weighted by Gasteiger charge is 2.35. The van der Waals surface area contributed by atoms with Crippen molar-refractivity contribution in [2.45, 2.75) is 45.0 Å². The van der Waals surface area contributed by atoms with E-state index in [2.05, 4.69) is 0 Å². The standard InChI is InChI=1S/C15H19BF3NO7/c1-14(2,3)27-13(24)20-10(12(22)23)5-7-4-8(15(17,18)19)6-9(11(7)21)16(25)26/h4,6,10,21,25-26H,5H2,1-3H3,(H,20,24)(H,22,23)/t10-/m0/s1. The number of phenols is 1. The topological polar surface area (TPSA) is 136 Å². The summed E-state index contributed by atoms with van der Waals surface area (Å²) in [5.41, 5.74) is -3.66. The monoisotopic (exact) mass is 393 g/mol. The molecule has 0 radical (unpaired) electrons. The minimum atomic E-state index is -4.89. The Kier molecular flexibility index (Phi) is 6.73. The number of ether oxygens (including phenoxy) is 1. The number of halogens is 3. The molecule has 1 rings (SSSR count). The van der Waals surface area contributed by atoms with Crippen LogP contribution in [0.25, 0.3) is 0 Å². The van der Waals surface area contributed by atoms with Gasteiger partial charge >= 0.3 is 25.4 Å². The van der Waals surface area contributed by atoms with Crippen LogP contribution in [0.5, 0.6) is 5.75 Å². The van der Waals surface area contributed by atoms with E-state index >= 15 is 0 Å². The lowest BCUT2D eigenvalue weighted by Crippen LogP contribution is -2.45. The van der Waals surface area contributed by atoms with Gasteiger partial charge in [0.25, 0.3) is 0 Å². The Hall–Kier alpha value is -2.47. The number of carbonyl (C=O) groups is 2. The molecule has 0 fully saturated rings. The second kappa shape index (κ2) is 8.05. The van der Waals surface area contributed by atoms with Crippen LogP contribution in [0.15, 0.2) is 12.1 Å². The van der Waals surface area contributed by atoms with Gasteiger partial charge in [-0.25, -0.2) is 9.59 Å². The van der Waals surface area contributed by atoms with Crippen molar-refractivity contribution >= 4 is 24.6 Å². The van der Waals surface area contributed by atoms with Gasteiger partial charge in [-0.05, 0) is 38.5 Å². The van der Waals surface area contributed by atoms with Gasteiger partial charge in [0.15, 0.2) is 0 Å². The molecule has 0 saturated heterocycles. The van der Waals surface area contributed by atoms with E-state index in [0.29, 0.717) is 12.1 Å². The van der Waals surface area contributed by atoms with E-state index in [0.717, 1.165) is 0 Å². The van der Waals surface area contributed by atoms with E-state index in [1.54, 1.807) is 0 Å². The molecule has 0 spiro atoms. The largest absolute Gasteiger partial charge is 0.508 e. The number of hydrogen-bond acceptors (Lipinski definition) is 6. The molecule has 0 aromatic heterocycles. The molecule has 0 saturated carbocycles. The third-order valence-electron chi connectivity index (χ3n) is 3.24. The first-order chi connectivity index (χ1) is 12.1. The average molecular weight is 393 g/mol. The molecule has 0 heterocycles. The Balaban J connectivity index is 3.23. The van der Waals surface area contributed by atoms with Crippen molar-refractivity contribution in [2.75, 3.05) is 0 Å². The van der Waals surface area contributed by atoms with Crippen LogP contribution in [0.4, 0.5) is 18.0 Å². The third kappa shape index (κ3) is 6.64. The highest BCUT2D eigenvalue weighted by molar-refractivity contribution is 6.59. The van der Waals surface area contributed by atoms with E-state index in [1.807, 2.05) is 5.32 Å². The number of benzene rings is 1. The highest BCUT2D eigenvalue weighted by atomic mass is 19.4. The van der Waals surface area contributed by atoms with E-state index < -0.39 is 65.8 Å². The number of phenolic OH excluding ortho intramolecular Hbond substituents is 1. The normalized spacial score (nSPS) is 13.0. The first kappa shape index (κ1) is 22.6. The number of carboxylic acid groups (broad SMARTS) is 1. The number of carboxylic acids is 1. The van der Waals surface area contributed by atoms with Crippen molar-refractivity contribution in [1.82, 2.24) is 5.32 Å². The Morgan fingerprint density at radius 3 is 2.19 bits per heavy atom. The van der Waals surface area contributed by atoms with Gasteiger partial charge in [-0.3, -0.25) is 0 Å². The third-order valence-corrected chi connectivity index (χ3v) is 3.24. The number of nitrogens with one attached hydrogen (secondary N) is 1. The van der Waals surface area contributed by atoms with E-state index in [-0.39, 0.29) is 0 Å². The number of carbonyl (C=O) groups excluding carboxylic acids is 1. The molecule has 1 aromatic rings. The zero-order chi connectivity index (χ0) is 21.2. The molecule has 5 N–H and O–H groups in total. The van der Waals surface area contributed by atoms with Gasteiger partial charge in [-0.15, -0.1) is 0 Å². The number of aromatic hydroxyl groups is 1. The van der Waals surface area contributed by atoms with Crippen molar-refractivity contribution < 1.29 is 47.8 Å². The van der Waals surface area contributed by atoms with E-state index in [4.69, 9.17) is 14.8 Å². The van der Waals surface area contributed by atoms with Crippen molar-refractivity contribution in [2.24, 2.45) is 0 Å². The maximum Gasteiger partial charge on any atom is 0.492 e. The molecule has 0 unspecified atom stereocenters. The van der Waals surface area contributed by atoms with Gasteiger partial charge in [0, 0.05) is 11.9 Å². The van der Waals surface area contributed by atoms with E-state index in [9.17, 15) is 33.0 Å². The van der Waals surface area contributed by atoms with Gasteiger partial charge in [-0.1, -0.05) is 0 Å². The molecule has 12 heteroatoms. The van der Waals surface area contributed by atoms with Crippen LogP contribution in [0, 0.1) is 0 Å². The molecule has 1 amide bonds. The number of alkyl halides is 3. The average Bonchev–Trinajstić information content (AvgIpc) is 2.44. The first-order valence-corrected chi connectivity index (χ1v) is 7.63. The number of rotatable bonds is 5. The second-order valence-electron chi connectivity index (χ2n) is 6.69. The van der Waals surface area contributed by atoms with Crippen molar-refractivity contribution in [3.05, 3.63) is 23.3 Å². The molecule has 0 aliphatic carbocycles. The predicted molar refractivity (Wildman–Crippen MR) is 87.4 cm³/mol. The van der Waals surface area contributed by atoms with Gasteiger partial charge in [0.2, 0.25) is 0 Å². The highest BCUT2D eigenvalue weighted by Crippen LogP contribution is 2.32. The Labute approximate surface area is 152 Å². The zero-order valence-corrected chi connectivity index (χ0v) is 14.7. The van der Waals surface area contributed by atoms with Crippen LogP contribution >= 0.6 is 0 Å². The molecular weight excluding hydrogens is 374 g/mol. The molecule has 0 bridgehead atoms. The second-order valence-corrected chi connectivity index (χ2v) is 6.69. The molecule has 150 valence electrons. The minimum Gasteiger partial charge on any atom is -0.508 e. The Morgan fingerprint density at radius 1 is 1.22 bits per heavy atom. The van der Waals surface area contributed by atoms with Crippen LogP contribution in [0.1, 0.15) is 31.9 Å². The molecule has 0 aliphatic rings. The summed E-state index contributed by atoms with van der Waals surface area (Å²) < 4.78 is 43.8. The fourth-order valence-electron chi connectivity index (χ4n) is 2.10. The Morgan fingerprint density at radius 2 is 1.78 bits per heavy atom. The summed E-state index contributed by atoms with van der Waals surface area (Å²) in [5.74, 6) is -2.51. The molecule has 0 aliphatic heterocycles. The Bertz CT molecular complexity index is 717. The van der Waals surface area contributed by atoms with Gasteiger partial charge in [0.05, 0.1) is 5.56 Å². The number of hydrogen-bond donors (Lipinski definition) is 5. The molecular formula is C15H19BF3NO7. The van der Waals surface area contributed by atoms with Crippen LogP contribution in [0.2, 0.25) is 0 Å².